The zero-order valence-corrected chi connectivity index (χ0v) is 39.8. The fraction of sp³-hybridized carbons (Fsp3) is 0.686. The van der Waals surface area contributed by atoms with Crippen LogP contribution in [0.5, 0.6) is 0 Å². The third kappa shape index (κ3) is 37.8. The van der Waals surface area contributed by atoms with Gasteiger partial charge in [-0.25, -0.2) is 0 Å². The summed E-state index contributed by atoms with van der Waals surface area (Å²) in [5, 5.41) is 1.18. The Morgan fingerprint density at radius 3 is 1.28 bits per heavy atom. The van der Waals surface area contributed by atoms with Gasteiger partial charge in [0.25, 0.3) is 0 Å². The number of halogens is 1. The van der Waals surface area contributed by atoms with Crippen LogP contribution in [0.25, 0.3) is 0 Å². The van der Waals surface area contributed by atoms with Gasteiger partial charge in [0.1, 0.15) is 30.8 Å². The van der Waals surface area contributed by atoms with Crippen molar-refractivity contribution in [2.45, 2.75) is 216 Å². The number of hydrogen-bond acceptors (Lipinski definition) is 8. The minimum absolute atomic E-state index is 0. The van der Waals surface area contributed by atoms with Gasteiger partial charge < -0.3 is 18.9 Å². The highest BCUT2D eigenvalue weighted by atomic mass is 79.9. The highest BCUT2D eigenvalue weighted by molar-refractivity contribution is 9.09. The highest BCUT2D eigenvalue weighted by Gasteiger charge is 2.32. The maximum atomic E-state index is 12.6. The van der Waals surface area contributed by atoms with E-state index in [2.05, 4.69) is 29.8 Å². The van der Waals surface area contributed by atoms with Crippen molar-refractivity contribution in [3.63, 3.8) is 0 Å². The fourth-order valence-corrected chi connectivity index (χ4v) is 6.28. The summed E-state index contributed by atoms with van der Waals surface area (Å²) in [4.78, 5) is 47.9. The molecular formula is C51H85BrO8. The Labute approximate surface area is 375 Å². The first-order valence-electron chi connectivity index (χ1n) is 22.5. The number of unbranched alkanes of at least 4 members (excludes halogenated alkanes) is 16. The molecule has 0 saturated carbocycles. The highest BCUT2D eigenvalue weighted by Crippen LogP contribution is 2.20. The molecular weight excluding hydrogens is 820 g/mol. The van der Waals surface area contributed by atoms with E-state index in [-0.39, 0.29) is 27.1 Å². The molecule has 0 N–H and O–H groups in total. The lowest BCUT2D eigenvalue weighted by atomic mass is 9.99. The third-order valence-electron chi connectivity index (χ3n) is 8.98. The van der Waals surface area contributed by atoms with Crippen molar-refractivity contribution >= 4 is 39.8 Å². The van der Waals surface area contributed by atoms with E-state index in [4.69, 9.17) is 18.9 Å². The molecule has 0 fully saturated rings. The van der Waals surface area contributed by atoms with Crippen LogP contribution >= 0.6 is 15.9 Å². The van der Waals surface area contributed by atoms with Gasteiger partial charge in [-0.05, 0) is 65.5 Å². The molecule has 60 heavy (non-hydrogen) atoms. The second-order valence-electron chi connectivity index (χ2n) is 17.2. The number of carbonyl (C=O) groups is 4. The van der Waals surface area contributed by atoms with E-state index in [1.807, 2.05) is 81.4 Å². The van der Waals surface area contributed by atoms with Crippen molar-refractivity contribution in [1.29, 1.82) is 0 Å². The molecule has 0 aliphatic carbocycles. The first-order valence-corrected chi connectivity index (χ1v) is 23.6. The van der Waals surface area contributed by atoms with Gasteiger partial charge in [-0.2, -0.15) is 0 Å². The maximum absolute atomic E-state index is 12.6. The van der Waals surface area contributed by atoms with Crippen LogP contribution in [0.15, 0.2) is 60.7 Å². The number of esters is 4. The van der Waals surface area contributed by atoms with E-state index in [0.717, 1.165) is 30.4 Å². The summed E-state index contributed by atoms with van der Waals surface area (Å²) in [6.45, 7) is 15.5. The predicted molar refractivity (Wildman–Crippen MR) is 252 cm³/mol. The summed E-state index contributed by atoms with van der Waals surface area (Å²) in [5.74, 6) is -2.95. The molecule has 344 valence electrons. The number of rotatable bonds is 27. The van der Waals surface area contributed by atoms with Crippen molar-refractivity contribution < 1.29 is 38.1 Å². The topological polar surface area (TPSA) is 105 Å². The Hall–Kier alpha value is -3.20. The molecule has 0 aromatic heterocycles. The van der Waals surface area contributed by atoms with Gasteiger partial charge in [-0.15, -0.1) is 0 Å². The lowest BCUT2D eigenvalue weighted by Gasteiger charge is -2.23. The molecule has 1 unspecified atom stereocenters. The van der Waals surface area contributed by atoms with Gasteiger partial charge in [-0.3, -0.25) is 19.2 Å². The van der Waals surface area contributed by atoms with E-state index in [1.165, 1.54) is 102 Å². The summed E-state index contributed by atoms with van der Waals surface area (Å²) in [7, 11) is 0. The molecule has 0 aliphatic rings. The van der Waals surface area contributed by atoms with Crippen molar-refractivity contribution in [3.05, 3.63) is 71.8 Å². The lowest BCUT2D eigenvalue weighted by Crippen LogP contribution is -2.33. The van der Waals surface area contributed by atoms with E-state index in [9.17, 15) is 19.2 Å². The fourth-order valence-electron chi connectivity index (χ4n) is 5.88. The van der Waals surface area contributed by atoms with Gasteiger partial charge in [-0.1, -0.05) is 207 Å². The number of alkyl halides is 1. The SMILES string of the molecule is C.CC(C)(C)OC(=O)CC(=O)OCc1ccccc1.CCCCCCCCCCCBr.CCCCCCCCCCCC(C(=O)OCc1ccccc1)C(=O)OC(C)(C)C. The summed E-state index contributed by atoms with van der Waals surface area (Å²) in [6, 6.07) is 18.8. The molecule has 0 heterocycles. The van der Waals surface area contributed by atoms with Gasteiger partial charge in [0, 0.05) is 5.33 Å². The normalized spacial score (nSPS) is 11.3. The Morgan fingerprint density at radius 2 is 0.883 bits per heavy atom. The zero-order valence-electron chi connectivity index (χ0n) is 38.3. The molecule has 1 atom stereocenters. The van der Waals surface area contributed by atoms with Crippen molar-refractivity contribution in [2.24, 2.45) is 5.92 Å². The van der Waals surface area contributed by atoms with Crippen LogP contribution in [0.4, 0.5) is 0 Å². The predicted octanol–water partition coefficient (Wildman–Crippen LogP) is 14.6. The molecule has 0 aliphatic heterocycles. The molecule has 2 rings (SSSR count). The number of carbonyl (C=O) groups excluding carboxylic acids is 4. The van der Waals surface area contributed by atoms with Crippen molar-refractivity contribution in [3.8, 4) is 0 Å². The van der Waals surface area contributed by atoms with E-state index in [0.29, 0.717) is 6.42 Å². The number of hydrogen-bond donors (Lipinski definition) is 0. The van der Waals surface area contributed by atoms with Crippen LogP contribution in [0.1, 0.15) is 202 Å². The monoisotopic (exact) mass is 905 g/mol. The van der Waals surface area contributed by atoms with Crippen LogP contribution in [-0.4, -0.2) is 40.4 Å². The van der Waals surface area contributed by atoms with E-state index >= 15 is 0 Å². The summed E-state index contributed by atoms with van der Waals surface area (Å²) in [5.41, 5.74) is 0.589. The Kier molecular flexibility index (Phi) is 36.9. The quantitative estimate of drug-likeness (QED) is 0.0287. The molecule has 8 nitrogen and oxygen atoms in total. The van der Waals surface area contributed by atoms with Crippen molar-refractivity contribution in [2.75, 3.05) is 5.33 Å². The van der Waals surface area contributed by atoms with Crippen LogP contribution in [0.2, 0.25) is 0 Å². The molecule has 0 saturated heterocycles. The molecule has 0 amide bonds. The minimum atomic E-state index is -0.845. The number of benzene rings is 2. The average molecular weight is 906 g/mol. The van der Waals surface area contributed by atoms with Gasteiger partial charge in [0.2, 0.25) is 0 Å². The molecule has 2 aromatic carbocycles. The van der Waals surface area contributed by atoms with E-state index in [1.54, 1.807) is 20.8 Å². The second kappa shape index (κ2) is 37.6. The van der Waals surface area contributed by atoms with Gasteiger partial charge in [0.15, 0.2) is 5.92 Å². The van der Waals surface area contributed by atoms with E-state index < -0.39 is 41.0 Å². The third-order valence-corrected chi connectivity index (χ3v) is 9.55. The van der Waals surface area contributed by atoms with Crippen LogP contribution in [0, 0.1) is 5.92 Å². The number of ether oxygens (including phenoxy) is 4. The van der Waals surface area contributed by atoms with Crippen LogP contribution < -0.4 is 0 Å². The molecule has 0 bridgehead atoms. The molecule has 0 radical (unpaired) electrons. The Balaban J connectivity index is 0. The summed E-state index contributed by atoms with van der Waals surface area (Å²) in [6.07, 6.45) is 23.7. The van der Waals surface area contributed by atoms with Crippen molar-refractivity contribution in [1.82, 2.24) is 0 Å². The minimum Gasteiger partial charge on any atom is -0.460 e. The molecule has 0 spiro atoms. The van der Waals surface area contributed by atoms with Gasteiger partial charge in [0.05, 0.1) is 0 Å². The molecule has 2 aromatic rings. The lowest BCUT2D eigenvalue weighted by molar-refractivity contribution is -0.170. The zero-order chi connectivity index (χ0) is 44.2. The van der Waals surface area contributed by atoms with Crippen LogP contribution in [-0.2, 0) is 51.3 Å². The Bertz CT molecular complexity index is 1320. The average Bonchev–Trinajstić information content (AvgIpc) is 3.18. The maximum Gasteiger partial charge on any atom is 0.320 e. The first-order chi connectivity index (χ1) is 28.1. The van der Waals surface area contributed by atoms with Gasteiger partial charge >= 0.3 is 23.9 Å². The largest absolute Gasteiger partial charge is 0.460 e. The first kappa shape index (κ1) is 58.9. The second-order valence-corrected chi connectivity index (χ2v) is 18.0. The summed E-state index contributed by atoms with van der Waals surface area (Å²) >= 11 is 3.45. The molecule has 9 heteroatoms. The smallest absolute Gasteiger partial charge is 0.320 e. The summed E-state index contributed by atoms with van der Waals surface area (Å²) < 4.78 is 20.9. The van der Waals surface area contributed by atoms with Crippen LogP contribution in [0.3, 0.4) is 0 Å². The Morgan fingerprint density at radius 1 is 0.500 bits per heavy atom. The standard InChI is InChI=1S/C25H40O4.C14H18O4.C11H23Br.CH4/c1-5-6-7-8-9-10-11-12-16-19-22(24(27)29-25(2,3)4)23(26)28-20-21-17-14-13-15-18-21;1-14(2,3)18-13(16)9-12(15)17-10-11-7-5-4-6-8-11;1-2-3-4-5-6-7-8-9-10-11-12;/h13-15,17-18,22H,5-12,16,19-20H2,1-4H3;4-8H,9-10H2,1-3H3;2-11H2,1H3;1H4.